The third kappa shape index (κ3) is 1.98. The van der Waals surface area contributed by atoms with Gasteiger partial charge in [-0.25, -0.2) is 0 Å². The molecule has 1 atom stereocenters. The maximum absolute atomic E-state index is 5.84. The standard InChI is InChI=1S/C13H19BrN2/c1-13(2)10(9-15)7-8-16(13)12-5-3-11(14)4-6-12/h3-6,10H,7-9,15H2,1-2H3. The van der Waals surface area contributed by atoms with E-state index in [0.717, 1.165) is 17.6 Å². The van der Waals surface area contributed by atoms with E-state index in [0.29, 0.717) is 5.92 Å². The van der Waals surface area contributed by atoms with Crippen molar-refractivity contribution in [3.05, 3.63) is 28.7 Å². The first-order valence-electron chi connectivity index (χ1n) is 5.79. The molecule has 0 radical (unpaired) electrons. The zero-order valence-electron chi connectivity index (χ0n) is 9.91. The van der Waals surface area contributed by atoms with Crippen LogP contribution >= 0.6 is 15.9 Å². The molecule has 0 bridgehead atoms. The summed E-state index contributed by atoms with van der Waals surface area (Å²) in [5.74, 6) is 0.594. The molecule has 1 unspecified atom stereocenters. The van der Waals surface area contributed by atoms with Gasteiger partial charge in [-0.3, -0.25) is 0 Å². The maximum Gasteiger partial charge on any atom is 0.0386 e. The number of nitrogens with two attached hydrogens (primary N) is 1. The van der Waals surface area contributed by atoms with E-state index in [1.54, 1.807) is 0 Å². The highest BCUT2D eigenvalue weighted by atomic mass is 79.9. The SMILES string of the molecule is CC1(C)C(CN)CCN1c1ccc(Br)cc1. The molecule has 1 aliphatic heterocycles. The number of benzene rings is 1. The molecule has 3 heteroatoms. The van der Waals surface area contributed by atoms with Crippen LogP contribution in [0.15, 0.2) is 28.7 Å². The molecule has 1 heterocycles. The van der Waals surface area contributed by atoms with Crippen molar-refractivity contribution in [3.63, 3.8) is 0 Å². The average molecular weight is 283 g/mol. The van der Waals surface area contributed by atoms with E-state index in [9.17, 15) is 0 Å². The summed E-state index contributed by atoms with van der Waals surface area (Å²) in [4.78, 5) is 2.47. The fourth-order valence-corrected chi connectivity index (χ4v) is 2.90. The largest absolute Gasteiger partial charge is 0.366 e. The fraction of sp³-hybridized carbons (Fsp3) is 0.538. The van der Waals surface area contributed by atoms with Crippen molar-refractivity contribution in [3.8, 4) is 0 Å². The molecule has 0 aliphatic carbocycles. The Balaban J connectivity index is 2.26. The Hall–Kier alpha value is -0.540. The summed E-state index contributed by atoms with van der Waals surface area (Å²) < 4.78 is 1.13. The summed E-state index contributed by atoms with van der Waals surface area (Å²) in [6.07, 6.45) is 1.19. The van der Waals surface area contributed by atoms with Crippen LogP contribution in [0.1, 0.15) is 20.3 Å². The van der Waals surface area contributed by atoms with Crippen molar-refractivity contribution in [1.29, 1.82) is 0 Å². The van der Waals surface area contributed by atoms with E-state index in [-0.39, 0.29) is 5.54 Å². The van der Waals surface area contributed by atoms with Gasteiger partial charge < -0.3 is 10.6 Å². The van der Waals surface area contributed by atoms with Crippen LogP contribution in [0, 0.1) is 5.92 Å². The number of hydrogen-bond acceptors (Lipinski definition) is 2. The highest BCUT2D eigenvalue weighted by Crippen LogP contribution is 2.37. The molecule has 1 fully saturated rings. The summed E-state index contributed by atoms with van der Waals surface area (Å²) in [5.41, 5.74) is 7.30. The van der Waals surface area contributed by atoms with E-state index >= 15 is 0 Å². The molecule has 2 rings (SSSR count). The smallest absolute Gasteiger partial charge is 0.0386 e. The molecule has 2 N–H and O–H groups in total. The van der Waals surface area contributed by atoms with Crippen LogP contribution < -0.4 is 10.6 Å². The van der Waals surface area contributed by atoms with Gasteiger partial charge in [0.05, 0.1) is 0 Å². The number of anilines is 1. The van der Waals surface area contributed by atoms with Crippen molar-refractivity contribution < 1.29 is 0 Å². The number of hydrogen-bond donors (Lipinski definition) is 1. The number of halogens is 1. The van der Waals surface area contributed by atoms with Gasteiger partial charge in [0.2, 0.25) is 0 Å². The lowest BCUT2D eigenvalue weighted by Crippen LogP contribution is -2.44. The van der Waals surface area contributed by atoms with Crippen LogP contribution in [-0.2, 0) is 0 Å². The van der Waals surface area contributed by atoms with Gasteiger partial charge in [-0.05, 0) is 57.0 Å². The Kier molecular flexibility index (Phi) is 3.27. The molecule has 16 heavy (non-hydrogen) atoms. The van der Waals surface area contributed by atoms with Crippen molar-refractivity contribution in [2.24, 2.45) is 11.7 Å². The summed E-state index contributed by atoms with van der Waals surface area (Å²) in [6.45, 7) is 6.47. The van der Waals surface area contributed by atoms with Gasteiger partial charge in [0.25, 0.3) is 0 Å². The molecule has 1 aromatic carbocycles. The first kappa shape index (κ1) is 11.9. The van der Waals surface area contributed by atoms with Crippen LogP contribution in [0.5, 0.6) is 0 Å². The van der Waals surface area contributed by atoms with Gasteiger partial charge in [0, 0.05) is 22.2 Å². The van der Waals surface area contributed by atoms with Gasteiger partial charge in [-0.1, -0.05) is 15.9 Å². The van der Waals surface area contributed by atoms with Crippen LogP contribution in [0.3, 0.4) is 0 Å². The second kappa shape index (κ2) is 4.38. The minimum Gasteiger partial charge on any atom is -0.366 e. The van der Waals surface area contributed by atoms with Crippen molar-refractivity contribution in [2.75, 3.05) is 18.0 Å². The third-order valence-electron chi connectivity index (χ3n) is 3.82. The first-order valence-corrected chi connectivity index (χ1v) is 6.58. The van der Waals surface area contributed by atoms with Gasteiger partial charge in [-0.2, -0.15) is 0 Å². The fourth-order valence-electron chi connectivity index (χ4n) is 2.64. The zero-order valence-corrected chi connectivity index (χ0v) is 11.5. The van der Waals surface area contributed by atoms with Crippen molar-refractivity contribution in [2.45, 2.75) is 25.8 Å². The van der Waals surface area contributed by atoms with E-state index in [1.807, 2.05) is 0 Å². The van der Waals surface area contributed by atoms with Gasteiger partial charge in [0.15, 0.2) is 0 Å². The van der Waals surface area contributed by atoms with Gasteiger partial charge in [0.1, 0.15) is 0 Å². The first-order chi connectivity index (χ1) is 7.55. The Bertz CT molecular complexity index is 359. The highest BCUT2D eigenvalue weighted by molar-refractivity contribution is 9.10. The Morgan fingerprint density at radius 3 is 2.50 bits per heavy atom. The minimum atomic E-state index is 0.169. The molecule has 1 aromatic rings. The molecule has 88 valence electrons. The van der Waals surface area contributed by atoms with Crippen LogP contribution in [0.2, 0.25) is 0 Å². The minimum absolute atomic E-state index is 0.169. The van der Waals surface area contributed by atoms with Gasteiger partial charge >= 0.3 is 0 Å². The predicted molar refractivity (Wildman–Crippen MR) is 72.7 cm³/mol. The molecule has 0 spiro atoms. The molecular formula is C13H19BrN2. The van der Waals surface area contributed by atoms with E-state index in [4.69, 9.17) is 5.73 Å². The maximum atomic E-state index is 5.84. The van der Waals surface area contributed by atoms with E-state index in [1.165, 1.54) is 12.1 Å². The lowest BCUT2D eigenvalue weighted by Gasteiger charge is -2.37. The topological polar surface area (TPSA) is 29.3 Å². The molecule has 0 amide bonds. The lowest BCUT2D eigenvalue weighted by molar-refractivity contribution is 0.374. The molecule has 2 nitrogen and oxygen atoms in total. The Labute approximate surface area is 106 Å². The number of rotatable bonds is 2. The van der Waals surface area contributed by atoms with Gasteiger partial charge in [-0.15, -0.1) is 0 Å². The quantitative estimate of drug-likeness (QED) is 0.904. The second-order valence-electron chi connectivity index (χ2n) is 5.00. The monoisotopic (exact) mass is 282 g/mol. The van der Waals surface area contributed by atoms with E-state index < -0.39 is 0 Å². The molecular weight excluding hydrogens is 264 g/mol. The van der Waals surface area contributed by atoms with Crippen LogP contribution in [-0.4, -0.2) is 18.6 Å². The predicted octanol–water partition coefficient (Wildman–Crippen LogP) is 3.01. The van der Waals surface area contributed by atoms with Crippen molar-refractivity contribution in [1.82, 2.24) is 0 Å². The van der Waals surface area contributed by atoms with Crippen molar-refractivity contribution >= 4 is 21.6 Å². The van der Waals surface area contributed by atoms with E-state index in [2.05, 4.69) is 58.9 Å². The van der Waals surface area contributed by atoms with Crippen LogP contribution in [0.25, 0.3) is 0 Å². The lowest BCUT2D eigenvalue weighted by atomic mass is 9.88. The Morgan fingerprint density at radius 1 is 1.38 bits per heavy atom. The summed E-state index contributed by atoms with van der Waals surface area (Å²) in [7, 11) is 0. The third-order valence-corrected chi connectivity index (χ3v) is 4.35. The Morgan fingerprint density at radius 2 is 2.00 bits per heavy atom. The summed E-state index contributed by atoms with van der Waals surface area (Å²) >= 11 is 3.47. The molecule has 1 aliphatic rings. The molecule has 0 saturated carbocycles. The zero-order chi connectivity index (χ0) is 11.8. The summed E-state index contributed by atoms with van der Waals surface area (Å²) in [6, 6.07) is 8.54. The normalized spacial score (nSPS) is 23.8. The molecule has 1 saturated heterocycles. The molecule has 0 aromatic heterocycles. The average Bonchev–Trinajstić information content (AvgIpc) is 2.54. The summed E-state index contributed by atoms with van der Waals surface area (Å²) in [5, 5.41) is 0. The highest BCUT2D eigenvalue weighted by Gasteiger charge is 2.40. The van der Waals surface area contributed by atoms with Crippen LogP contribution in [0.4, 0.5) is 5.69 Å². The number of nitrogens with zero attached hydrogens (tertiary/aromatic N) is 1. The second-order valence-corrected chi connectivity index (χ2v) is 5.92.